The Bertz CT molecular complexity index is 512. The van der Waals surface area contributed by atoms with E-state index < -0.39 is 41.3 Å². The minimum atomic E-state index is -5.25. The number of carboxylic acids is 1. The monoisotopic (exact) mass is 283 g/mol. The molecule has 0 aliphatic rings. The summed E-state index contributed by atoms with van der Waals surface area (Å²) >= 11 is 0. The van der Waals surface area contributed by atoms with E-state index in [1.54, 1.807) is 0 Å². The van der Waals surface area contributed by atoms with Gasteiger partial charge in [-0.05, 0) is 6.07 Å². The largest absolute Gasteiger partial charge is 0.478 e. The molecule has 9 heteroatoms. The summed E-state index contributed by atoms with van der Waals surface area (Å²) in [5.74, 6) is -4.31. The number of aromatic carboxylic acids is 1. The van der Waals surface area contributed by atoms with E-state index in [1.165, 1.54) is 5.32 Å². The topological polar surface area (TPSA) is 66.4 Å². The van der Waals surface area contributed by atoms with Crippen LogP contribution in [0, 0.1) is 0 Å². The van der Waals surface area contributed by atoms with Gasteiger partial charge < -0.3 is 10.4 Å². The second-order valence-electron chi connectivity index (χ2n) is 3.33. The Kier molecular flexibility index (Phi) is 4.07. The number of hydrogen-bond acceptors (Lipinski definition) is 2. The Balaban J connectivity index is 3.25. The van der Waals surface area contributed by atoms with Crippen LogP contribution in [0.15, 0.2) is 18.2 Å². The smallest absolute Gasteiger partial charge is 0.471 e. The fraction of sp³-hybridized carbons (Fsp3) is 0.200. The van der Waals surface area contributed by atoms with E-state index in [-0.39, 0.29) is 0 Å². The number of rotatable bonds is 3. The summed E-state index contributed by atoms with van der Waals surface area (Å²) < 4.78 is 61.1. The number of anilines is 1. The van der Waals surface area contributed by atoms with Crippen molar-refractivity contribution < 1.29 is 36.6 Å². The summed E-state index contributed by atoms with van der Waals surface area (Å²) in [5, 5.41) is 9.99. The highest BCUT2D eigenvalue weighted by molar-refractivity contribution is 6.03. The van der Waals surface area contributed by atoms with Crippen LogP contribution in [0.3, 0.4) is 0 Å². The van der Waals surface area contributed by atoms with Crippen LogP contribution in [-0.4, -0.2) is 23.2 Å². The van der Waals surface area contributed by atoms with Gasteiger partial charge in [-0.15, -0.1) is 0 Å². The molecule has 4 nitrogen and oxygen atoms in total. The lowest BCUT2D eigenvalue weighted by Crippen LogP contribution is -2.30. The molecular weight excluding hydrogens is 277 g/mol. The van der Waals surface area contributed by atoms with E-state index in [0.29, 0.717) is 0 Å². The Morgan fingerprint density at radius 3 is 2.21 bits per heavy atom. The average Bonchev–Trinajstić information content (AvgIpc) is 2.26. The highest BCUT2D eigenvalue weighted by Crippen LogP contribution is 2.29. The molecule has 0 unspecified atom stereocenters. The first-order valence-corrected chi connectivity index (χ1v) is 4.67. The maximum absolute atomic E-state index is 12.5. The number of amides is 1. The van der Waals surface area contributed by atoms with Crippen molar-refractivity contribution >= 4 is 17.6 Å². The van der Waals surface area contributed by atoms with Gasteiger partial charge in [0.2, 0.25) is 0 Å². The molecule has 1 aromatic rings. The molecule has 19 heavy (non-hydrogen) atoms. The zero-order valence-electron chi connectivity index (χ0n) is 8.96. The molecule has 0 aliphatic heterocycles. The van der Waals surface area contributed by atoms with Gasteiger partial charge in [-0.1, -0.05) is 12.1 Å². The SMILES string of the molecule is O=C(O)c1c(NC(=O)C(F)(F)F)cccc1C(F)F. The molecule has 0 heterocycles. The van der Waals surface area contributed by atoms with Gasteiger partial charge in [0.05, 0.1) is 11.3 Å². The third-order valence-corrected chi connectivity index (χ3v) is 2.05. The molecule has 2 N–H and O–H groups in total. The van der Waals surface area contributed by atoms with E-state index >= 15 is 0 Å². The molecule has 1 amide bonds. The zero-order chi connectivity index (χ0) is 14.8. The molecule has 0 fully saturated rings. The van der Waals surface area contributed by atoms with Gasteiger partial charge in [0.1, 0.15) is 0 Å². The number of halogens is 5. The van der Waals surface area contributed by atoms with Gasteiger partial charge in [0.15, 0.2) is 0 Å². The van der Waals surface area contributed by atoms with Crippen molar-refractivity contribution in [2.45, 2.75) is 12.6 Å². The maximum Gasteiger partial charge on any atom is 0.471 e. The van der Waals surface area contributed by atoms with Crippen LogP contribution in [0.25, 0.3) is 0 Å². The molecule has 0 aliphatic carbocycles. The van der Waals surface area contributed by atoms with E-state index in [9.17, 15) is 31.5 Å². The normalized spacial score (nSPS) is 11.5. The summed E-state index contributed by atoms with van der Waals surface area (Å²) in [4.78, 5) is 21.5. The maximum atomic E-state index is 12.5. The summed E-state index contributed by atoms with van der Waals surface area (Å²) in [7, 11) is 0. The predicted molar refractivity (Wildman–Crippen MR) is 53.0 cm³/mol. The highest BCUT2D eigenvalue weighted by Gasteiger charge is 2.39. The van der Waals surface area contributed by atoms with Crippen molar-refractivity contribution in [1.29, 1.82) is 0 Å². The zero-order valence-corrected chi connectivity index (χ0v) is 8.96. The van der Waals surface area contributed by atoms with Gasteiger partial charge in [-0.2, -0.15) is 13.2 Å². The first-order chi connectivity index (χ1) is 8.64. The number of alkyl halides is 5. The average molecular weight is 283 g/mol. The van der Waals surface area contributed by atoms with Gasteiger partial charge in [0, 0.05) is 5.56 Å². The number of benzene rings is 1. The lowest BCUT2D eigenvalue weighted by molar-refractivity contribution is -0.167. The number of carbonyl (C=O) groups excluding carboxylic acids is 1. The molecule has 0 spiro atoms. The van der Waals surface area contributed by atoms with Crippen molar-refractivity contribution in [3.63, 3.8) is 0 Å². The molecule has 0 aromatic heterocycles. The fourth-order valence-corrected chi connectivity index (χ4v) is 1.29. The van der Waals surface area contributed by atoms with Gasteiger partial charge in [-0.25, -0.2) is 13.6 Å². The van der Waals surface area contributed by atoms with Crippen LogP contribution < -0.4 is 5.32 Å². The Hall–Kier alpha value is -2.19. The molecule has 0 radical (unpaired) electrons. The van der Waals surface area contributed by atoms with Gasteiger partial charge in [0.25, 0.3) is 6.43 Å². The van der Waals surface area contributed by atoms with E-state index in [1.807, 2.05) is 0 Å². The van der Waals surface area contributed by atoms with Gasteiger partial charge in [-0.3, -0.25) is 4.79 Å². The van der Waals surface area contributed by atoms with Crippen LogP contribution in [0.5, 0.6) is 0 Å². The Morgan fingerprint density at radius 1 is 1.21 bits per heavy atom. The van der Waals surface area contributed by atoms with Crippen LogP contribution in [0.2, 0.25) is 0 Å². The lowest BCUT2D eigenvalue weighted by Gasteiger charge is -2.13. The third kappa shape index (κ3) is 3.39. The summed E-state index contributed by atoms with van der Waals surface area (Å²) in [5.41, 5.74) is -2.89. The van der Waals surface area contributed by atoms with E-state index in [0.717, 1.165) is 18.2 Å². The highest BCUT2D eigenvalue weighted by atomic mass is 19.4. The minimum Gasteiger partial charge on any atom is -0.478 e. The van der Waals surface area contributed by atoms with Crippen molar-refractivity contribution in [2.75, 3.05) is 5.32 Å². The van der Waals surface area contributed by atoms with Crippen LogP contribution >= 0.6 is 0 Å². The van der Waals surface area contributed by atoms with Crippen molar-refractivity contribution in [1.82, 2.24) is 0 Å². The summed E-state index contributed by atoms with van der Waals surface area (Å²) in [6.45, 7) is 0. The number of hydrogen-bond donors (Lipinski definition) is 2. The minimum absolute atomic E-state index is 0.747. The molecular formula is C10H6F5NO3. The molecule has 1 rings (SSSR count). The van der Waals surface area contributed by atoms with Crippen LogP contribution in [0.1, 0.15) is 22.3 Å². The number of carbonyl (C=O) groups is 2. The molecule has 0 saturated carbocycles. The second kappa shape index (κ2) is 5.21. The number of nitrogens with one attached hydrogen (secondary N) is 1. The Labute approximate surface area is 102 Å². The fourth-order valence-electron chi connectivity index (χ4n) is 1.29. The first-order valence-electron chi connectivity index (χ1n) is 4.67. The Morgan fingerprint density at radius 2 is 1.79 bits per heavy atom. The quantitative estimate of drug-likeness (QED) is 0.838. The molecule has 1 aromatic carbocycles. The standard InChI is InChI=1S/C10H6F5NO3/c11-7(12)4-2-1-3-5(6(4)8(17)18)16-9(19)10(13,14)15/h1-3,7H,(H,16,19)(H,17,18). The molecule has 0 bridgehead atoms. The van der Waals surface area contributed by atoms with Crippen molar-refractivity contribution in [3.05, 3.63) is 29.3 Å². The summed E-state index contributed by atoms with van der Waals surface area (Å²) in [6, 6.07) is 2.45. The van der Waals surface area contributed by atoms with E-state index in [4.69, 9.17) is 5.11 Å². The summed E-state index contributed by atoms with van der Waals surface area (Å²) in [6.07, 6.45) is -8.45. The van der Waals surface area contributed by atoms with Crippen LogP contribution in [0.4, 0.5) is 27.6 Å². The van der Waals surface area contributed by atoms with Crippen molar-refractivity contribution in [3.8, 4) is 0 Å². The lowest BCUT2D eigenvalue weighted by atomic mass is 10.1. The molecule has 0 atom stereocenters. The number of carboxylic acid groups (broad SMARTS) is 1. The van der Waals surface area contributed by atoms with E-state index in [2.05, 4.69) is 0 Å². The van der Waals surface area contributed by atoms with Gasteiger partial charge >= 0.3 is 18.1 Å². The third-order valence-electron chi connectivity index (χ3n) is 2.05. The molecule has 0 saturated heterocycles. The first kappa shape index (κ1) is 14.9. The van der Waals surface area contributed by atoms with Crippen LogP contribution in [-0.2, 0) is 4.79 Å². The second-order valence-corrected chi connectivity index (χ2v) is 3.33. The molecule has 104 valence electrons. The van der Waals surface area contributed by atoms with Crippen molar-refractivity contribution in [2.24, 2.45) is 0 Å². The predicted octanol–water partition coefficient (Wildman–Crippen LogP) is 2.82.